The Morgan fingerprint density at radius 2 is 1.69 bits per heavy atom. The van der Waals surface area contributed by atoms with Crippen LogP contribution in [0.3, 0.4) is 0 Å². The van der Waals surface area contributed by atoms with Crippen LogP contribution in [0.1, 0.15) is 23.7 Å². The van der Waals surface area contributed by atoms with E-state index < -0.39 is 15.9 Å². The minimum absolute atomic E-state index is 0.0708. The van der Waals surface area contributed by atoms with Gasteiger partial charge in [-0.15, -0.1) is 0 Å². The van der Waals surface area contributed by atoms with Gasteiger partial charge in [0.15, 0.2) is 11.5 Å². The predicted octanol–water partition coefficient (Wildman–Crippen LogP) is 5.19. The van der Waals surface area contributed by atoms with E-state index in [-0.39, 0.29) is 15.5 Å². The first kappa shape index (κ1) is 23.4. The van der Waals surface area contributed by atoms with Gasteiger partial charge >= 0.3 is 0 Å². The minimum atomic E-state index is -3.75. The van der Waals surface area contributed by atoms with Crippen molar-refractivity contribution < 1.29 is 22.7 Å². The fourth-order valence-corrected chi connectivity index (χ4v) is 4.16. The zero-order chi connectivity index (χ0) is 23.1. The largest absolute Gasteiger partial charge is 0.493 e. The van der Waals surface area contributed by atoms with Gasteiger partial charge in [-0.05, 0) is 55.0 Å². The lowest BCUT2D eigenvalue weighted by Crippen LogP contribution is -2.14. The summed E-state index contributed by atoms with van der Waals surface area (Å²) in [6.07, 6.45) is 0.800. The lowest BCUT2D eigenvalue weighted by Gasteiger charge is -2.14. The number of carbonyl (C=O) groups excluding carboxylic acids is 1. The van der Waals surface area contributed by atoms with Gasteiger partial charge in [-0.3, -0.25) is 9.52 Å². The second-order valence-corrected chi connectivity index (χ2v) is 8.88. The summed E-state index contributed by atoms with van der Waals surface area (Å²) in [6, 6.07) is 17.5. The summed E-state index contributed by atoms with van der Waals surface area (Å²) in [5.41, 5.74) is 1.16. The number of ether oxygens (including phenoxy) is 2. The third-order valence-corrected chi connectivity index (χ3v) is 6.07. The maximum atomic E-state index is 12.7. The smallest absolute Gasteiger partial charge is 0.261 e. The number of amides is 1. The van der Waals surface area contributed by atoms with Crippen molar-refractivity contribution in [3.8, 4) is 11.5 Å². The zero-order valence-electron chi connectivity index (χ0n) is 17.6. The zero-order valence-corrected chi connectivity index (χ0v) is 19.2. The molecule has 0 saturated heterocycles. The molecule has 3 aromatic rings. The van der Waals surface area contributed by atoms with Crippen molar-refractivity contribution in [1.82, 2.24) is 0 Å². The number of carbonyl (C=O) groups is 1. The van der Waals surface area contributed by atoms with Crippen molar-refractivity contribution in [2.75, 3.05) is 23.8 Å². The van der Waals surface area contributed by atoms with E-state index in [0.29, 0.717) is 29.5 Å². The van der Waals surface area contributed by atoms with Crippen molar-refractivity contribution in [2.45, 2.75) is 18.2 Å². The number of benzene rings is 3. The summed E-state index contributed by atoms with van der Waals surface area (Å²) < 4.78 is 38.5. The van der Waals surface area contributed by atoms with Gasteiger partial charge in [-0.25, -0.2) is 8.42 Å². The molecule has 1 amide bonds. The molecule has 0 atom stereocenters. The maximum Gasteiger partial charge on any atom is 0.261 e. The van der Waals surface area contributed by atoms with E-state index >= 15 is 0 Å². The van der Waals surface area contributed by atoms with Gasteiger partial charge in [0.1, 0.15) is 0 Å². The fourth-order valence-electron chi connectivity index (χ4n) is 2.84. The third-order valence-electron chi connectivity index (χ3n) is 4.39. The molecule has 2 N–H and O–H groups in total. The van der Waals surface area contributed by atoms with Crippen LogP contribution in [-0.2, 0) is 10.0 Å². The highest BCUT2D eigenvalue weighted by atomic mass is 35.5. The normalized spacial score (nSPS) is 11.0. The molecule has 0 saturated carbocycles. The molecule has 0 aliphatic heterocycles. The van der Waals surface area contributed by atoms with Crippen LogP contribution in [0.25, 0.3) is 0 Å². The molecule has 0 unspecified atom stereocenters. The highest BCUT2D eigenvalue weighted by Gasteiger charge is 2.17. The molecule has 3 aromatic carbocycles. The second kappa shape index (κ2) is 10.4. The molecule has 3 rings (SSSR count). The number of methoxy groups -OCH3 is 1. The molecule has 168 valence electrons. The molecule has 7 nitrogen and oxygen atoms in total. The molecule has 0 aliphatic rings. The average Bonchev–Trinajstić information content (AvgIpc) is 2.78. The lowest BCUT2D eigenvalue weighted by molar-refractivity contribution is 0.102. The SMILES string of the molecule is CCCOc1c(Cl)cc(C(=O)Nc2ccc(S(=O)(=O)Nc3ccccc3)cc2)cc1OC. The number of para-hydroxylation sites is 1. The van der Waals surface area contributed by atoms with Gasteiger partial charge in [0.05, 0.1) is 23.6 Å². The van der Waals surface area contributed by atoms with Crippen molar-refractivity contribution >= 4 is 38.9 Å². The Labute approximate surface area is 192 Å². The minimum Gasteiger partial charge on any atom is -0.493 e. The number of sulfonamides is 1. The number of rotatable bonds is 9. The molecule has 9 heteroatoms. The summed E-state index contributed by atoms with van der Waals surface area (Å²) >= 11 is 6.27. The summed E-state index contributed by atoms with van der Waals surface area (Å²) in [7, 11) is -2.28. The monoisotopic (exact) mass is 474 g/mol. The number of hydrogen-bond acceptors (Lipinski definition) is 5. The Kier molecular flexibility index (Phi) is 7.61. The highest BCUT2D eigenvalue weighted by Crippen LogP contribution is 2.36. The third kappa shape index (κ3) is 5.72. The van der Waals surface area contributed by atoms with Crippen LogP contribution < -0.4 is 19.5 Å². The Hall–Kier alpha value is -3.23. The topological polar surface area (TPSA) is 93.7 Å². The van der Waals surface area contributed by atoms with Crippen LogP contribution in [0.4, 0.5) is 11.4 Å². The molecular formula is C23H23ClN2O5S. The Morgan fingerprint density at radius 3 is 2.31 bits per heavy atom. The summed E-state index contributed by atoms with van der Waals surface area (Å²) in [5.74, 6) is 0.308. The molecule has 0 radical (unpaired) electrons. The highest BCUT2D eigenvalue weighted by molar-refractivity contribution is 7.92. The van der Waals surface area contributed by atoms with E-state index in [9.17, 15) is 13.2 Å². The molecule has 0 aromatic heterocycles. The van der Waals surface area contributed by atoms with E-state index in [1.54, 1.807) is 30.3 Å². The Morgan fingerprint density at radius 1 is 1.00 bits per heavy atom. The number of halogens is 1. The van der Waals surface area contributed by atoms with Gasteiger partial charge in [-0.1, -0.05) is 36.7 Å². The van der Waals surface area contributed by atoms with Crippen LogP contribution in [0.5, 0.6) is 11.5 Å². The second-order valence-electron chi connectivity index (χ2n) is 6.79. The molecule has 0 fully saturated rings. The van der Waals surface area contributed by atoms with E-state index in [1.807, 2.05) is 6.92 Å². The Balaban J connectivity index is 1.74. The van der Waals surface area contributed by atoms with Gasteiger partial charge in [0, 0.05) is 16.9 Å². The molecule has 0 spiro atoms. The van der Waals surface area contributed by atoms with Crippen LogP contribution in [0.15, 0.2) is 71.6 Å². The summed E-state index contributed by atoms with van der Waals surface area (Å²) in [6.45, 7) is 2.44. The molecule has 0 heterocycles. The molecular weight excluding hydrogens is 452 g/mol. The summed E-state index contributed by atoms with van der Waals surface area (Å²) in [5, 5.41) is 2.98. The number of anilines is 2. The molecule has 32 heavy (non-hydrogen) atoms. The quantitative estimate of drug-likeness (QED) is 0.445. The lowest BCUT2D eigenvalue weighted by atomic mass is 10.1. The van der Waals surface area contributed by atoms with E-state index in [1.165, 1.54) is 43.5 Å². The van der Waals surface area contributed by atoms with Crippen LogP contribution >= 0.6 is 11.6 Å². The van der Waals surface area contributed by atoms with Crippen molar-refractivity contribution in [2.24, 2.45) is 0 Å². The molecule has 0 aliphatic carbocycles. The first-order chi connectivity index (χ1) is 15.3. The fraction of sp³-hybridized carbons (Fsp3) is 0.174. The van der Waals surface area contributed by atoms with Gasteiger partial charge < -0.3 is 14.8 Å². The first-order valence-corrected chi connectivity index (χ1v) is 11.7. The maximum absolute atomic E-state index is 12.7. The average molecular weight is 475 g/mol. The van der Waals surface area contributed by atoms with Crippen molar-refractivity contribution in [3.63, 3.8) is 0 Å². The van der Waals surface area contributed by atoms with Gasteiger partial charge in [0.2, 0.25) is 0 Å². The Bertz CT molecular complexity index is 1180. The van der Waals surface area contributed by atoms with E-state index in [4.69, 9.17) is 21.1 Å². The van der Waals surface area contributed by atoms with Gasteiger partial charge in [0.25, 0.3) is 15.9 Å². The van der Waals surface area contributed by atoms with Gasteiger partial charge in [-0.2, -0.15) is 0 Å². The summed E-state index contributed by atoms with van der Waals surface area (Å²) in [4.78, 5) is 12.8. The molecule has 0 bridgehead atoms. The number of nitrogens with one attached hydrogen (secondary N) is 2. The van der Waals surface area contributed by atoms with E-state index in [0.717, 1.165) is 6.42 Å². The number of hydrogen-bond donors (Lipinski definition) is 2. The van der Waals surface area contributed by atoms with Crippen LogP contribution in [0, 0.1) is 0 Å². The first-order valence-electron chi connectivity index (χ1n) is 9.83. The van der Waals surface area contributed by atoms with Crippen LogP contribution in [-0.4, -0.2) is 28.0 Å². The van der Waals surface area contributed by atoms with Crippen molar-refractivity contribution in [1.29, 1.82) is 0 Å². The van der Waals surface area contributed by atoms with Crippen molar-refractivity contribution in [3.05, 3.63) is 77.3 Å². The van der Waals surface area contributed by atoms with Crippen LogP contribution in [0.2, 0.25) is 5.02 Å². The van der Waals surface area contributed by atoms with E-state index in [2.05, 4.69) is 10.0 Å². The predicted molar refractivity (Wildman–Crippen MR) is 125 cm³/mol. The standard InChI is InChI=1S/C23H23ClN2O5S/c1-3-13-31-22-20(24)14-16(15-21(22)30-2)23(27)25-17-9-11-19(12-10-17)32(28,29)26-18-7-5-4-6-8-18/h4-12,14-15,26H,3,13H2,1-2H3,(H,25,27).